The van der Waals surface area contributed by atoms with Crippen LogP contribution in [0.4, 0.5) is 4.39 Å². The number of nitrogens with zero attached hydrogens (tertiary/aromatic N) is 1. The van der Waals surface area contributed by atoms with Crippen LogP contribution in [0.25, 0.3) is 11.3 Å². The van der Waals surface area contributed by atoms with Gasteiger partial charge in [-0.3, -0.25) is 4.79 Å². The van der Waals surface area contributed by atoms with Crippen LogP contribution in [0.3, 0.4) is 0 Å². The van der Waals surface area contributed by atoms with Gasteiger partial charge in [-0.1, -0.05) is 47.1 Å². The Balaban J connectivity index is 1.80. The number of aromatic nitrogens is 1. The van der Waals surface area contributed by atoms with Gasteiger partial charge < -0.3 is 14.6 Å². The number of methoxy groups -OCH3 is 1. The number of amides is 1. The number of carbonyl (C=O) groups is 1. The highest BCUT2D eigenvalue weighted by molar-refractivity contribution is 6.33. The molecule has 3 rings (SSSR count). The molecule has 0 fully saturated rings. The second-order valence-electron chi connectivity index (χ2n) is 5.99. The predicted octanol–water partition coefficient (Wildman–Crippen LogP) is 4.52. The van der Waals surface area contributed by atoms with E-state index >= 15 is 0 Å². The van der Waals surface area contributed by atoms with Crippen LogP contribution in [-0.4, -0.2) is 18.2 Å². The van der Waals surface area contributed by atoms with Crippen LogP contribution < -0.4 is 5.32 Å². The third-order valence-electron chi connectivity index (χ3n) is 4.08. The maximum Gasteiger partial charge on any atom is 0.257 e. The van der Waals surface area contributed by atoms with E-state index < -0.39 is 11.7 Å². The summed E-state index contributed by atoms with van der Waals surface area (Å²) in [5.41, 5.74) is 2.26. The van der Waals surface area contributed by atoms with E-state index in [1.165, 1.54) is 18.2 Å². The summed E-state index contributed by atoms with van der Waals surface area (Å²) in [5.74, 6) is -0.695. The van der Waals surface area contributed by atoms with Crippen molar-refractivity contribution in [3.8, 4) is 11.3 Å². The molecule has 0 aliphatic carbocycles. The molecule has 5 nitrogen and oxygen atoms in total. The van der Waals surface area contributed by atoms with Gasteiger partial charge in [-0.15, -0.1) is 0 Å². The van der Waals surface area contributed by atoms with Gasteiger partial charge in [-0.25, -0.2) is 4.39 Å². The number of benzene rings is 2. The third kappa shape index (κ3) is 4.18. The van der Waals surface area contributed by atoms with E-state index in [4.69, 9.17) is 20.9 Å². The summed E-state index contributed by atoms with van der Waals surface area (Å²) in [7, 11) is 1.63. The van der Waals surface area contributed by atoms with E-state index in [0.29, 0.717) is 13.2 Å². The molecule has 0 saturated heterocycles. The van der Waals surface area contributed by atoms with E-state index in [1.807, 2.05) is 24.3 Å². The minimum Gasteiger partial charge on any atom is -0.380 e. The summed E-state index contributed by atoms with van der Waals surface area (Å²) in [4.78, 5) is 12.7. The van der Waals surface area contributed by atoms with Crippen LogP contribution in [-0.2, 0) is 17.9 Å². The van der Waals surface area contributed by atoms with Crippen LogP contribution in [0.1, 0.15) is 27.2 Å². The van der Waals surface area contributed by atoms with Gasteiger partial charge in [0.25, 0.3) is 5.91 Å². The van der Waals surface area contributed by atoms with Crippen LogP contribution in [0, 0.1) is 12.7 Å². The Kier molecular flexibility index (Phi) is 5.88. The molecule has 1 heterocycles. The van der Waals surface area contributed by atoms with Gasteiger partial charge in [0.2, 0.25) is 0 Å². The van der Waals surface area contributed by atoms with Crippen molar-refractivity contribution < 1.29 is 18.4 Å². The molecule has 140 valence electrons. The largest absolute Gasteiger partial charge is 0.380 e. The molecule has 2 aromatic carbocycles. The normalized spacial score (nSPS) is 10.8. The van der Waals surface area contributed by atoms with Gasteiger partial charge in [0, 0.05) is 13.7 Å². The molecule has 1 amide bonds. The van der Waals surface area contributed by atoms with Crippen LogP contribution in [0.15, 0.2) is 47.0 Å². The fourth-order valence-corrected chi connectivity index (χ4v) is 2.98. The van der Waals surface area contributed by atoms with Crippen molar-refractivity contribution in [1.29, 1.82) is 0 Å². The van der Waals surface area contributed by atoms with Crippen molar-refractivity contribution >= 4 is 17.5 Å². The molecule has 0 aliphatic rings. The molecular formula is C20H18ClFN2O3. The van der Waals surface area contributed by atoms with Crippen LogP contribution in [0.2, 0.25) is 5.02 Å². The van der Waals surface area contributed by atoms with Gasteiger partial charge in [-0.2, -0.15) is 0 Å². The standard InChI is InChI=1S/C20H18ClFN2O3/c1-12-17(19(24-27-12)18-15(21)4-3-5-16(18)22)20(25)23-10-13-6-8-14(9-7-13)11-26-2/h3-9H,10-11H2,1-2H3,(H,23,25). The number of hydrogen-bond acceptors (Lipinski definition) is 4. The zero-order valence-electron chi connectivity index (χ0n) is 14.9. The highest BCUT2D eigenvalue weighted by atomic mass is 35.5. The average Bonchev–Trinajstić information content (AvgIpc) is 3.02. The first-order valence-corrected chi connectivity index (χ1v) is 8.64. The Hall–Kier alpha value is -2.70. The summed E-state index contributed by atoms with van der Waals surface area (Å²) in [5, 5.41) is 6.81. The molecular weight excluding hydrogens is 371 g/mol. The Morgan fingerprint density at radius 1 is 1.22 bits per heavy atom. The monoisotopic (exact) mass is 388 g/mol. The molecule has 0 atom stereocenters. The van der Waals surface area contributed by atoms with Crippen LogP contribution >= 0.6 is 11.6 Å². The number of aryl methyl sites for hydroxylation is 1. The fourth-order valence-electron chi connectivity index (χ4n) is 2.72. The quantitative estimate of drug-likeness (QED) is 0.674. The topological polar surface area (TPSA) is 64.4 Å². The summed E-state index contributed by atoms with van der Waals surface area (Å²) in [6.45, 7) is 2.43. The zero-order chi connectivity index (χ0) is 19.4. The van der Waals surface area contributed by atoms with E-state index in [2.05, 4.69) is 10.5 Å². The summed E-state index contributed by atoms with van der Waals surface area (Å²) in [6.07, 6.45) is 0. The molecule has 0 unspecified atom stereocenters. The Bertz CT molecular complexity index is 934. The Morgan fingerprint density at radius 2 is 1.93 bits per heavy atom. The lowest BCUT2D eigenvalue weighted by Gasteiger charge is -2.08. The number of carbonyl (C=O) groups excluding carboxylic acids is 1. The van der Waals surface area contributed by atoms with Crippen molar-refractivity contribution in [1.82, 2.24) is 10.5 Å². The molecule has 1 aromatic heterocycles. The smallest absolute Gasteiger partial charge is 0.257 e. The SMILES string of the molecule is COCc1ccc(CNC(=O)c2c(-c3c(F)cccc3Cl)noc2C)cc1. The molecule has 3 aromatic rings. The van der Waals surface area contributed by atoms with Crippen LogP contribution in [0.5, 0.6) is 0 Å². The van der Waals surface area contributed by atoms with Crippen molar-refractivity contribution in [3.63, 3.8) is 0 Å². The lowest BCUT2D eigenvalue weighted by Crippen LogP contribution is -2.23. The minimum absolute atomic E-state index is 0.0464. The van der Waals surface area contributed by atoms with Gasteiger partial charge >= 0.3 is 0 Å². The summed E-state index contributed by atoms with van der Waals surface area (Å²) in [6, 6.07) is 12.0. The maximum atomic E-state index is 14.2. The van der Waals surface area contributed by atoms with E-state index in [-0.39, 0.29) is 27.6 Å². The second kappa shape index (κ2) is 8.33. The second-order valence-corrected chi connectivity index (χ2v) is 6.40. The number of nitrogens with one attached hydrogen (secondary N) is 1. The number of ether oxygens (including phenoxy) is 1. The van der Waals surface area contributed by atoms with E-state index in [0.717, 1.165) is 11.1 Å². The Morgan fingerprint density at radius 3 is 2.59 bits per heavy atom. The average molecular weight is 389 g/mol. The predicted molar refractivity (Wildman–Crippen MR) is 100.0 cm³/mol. The zero-order valence-corrected chi connectivity index (χ0v) is 15.6. The summed E-state index contributed by atoms with van der Waals surface area (Å²) >= 11 is 6.10. The molecule has 7 heteroatoms. The highest BCUT2D eigenvalue weighted by Gasteiger charge is 2.25. The first kappa shape index (κ1) is 19.1. The van der Waals surface area contributed by atoms with E-state index in [1.54, 1.807) is 14.0 Å². The van der Waals surface area contributed by atoms with Crippen molar-refractivity contribution in [2.24, 2.45) is 0 Å². The molecule has 27 heavy (non-hydrogen) atoms. The molecule has 0 spiro atoms. The number of halogens is 2. The summed E-state index contributed by atoms with van der Waals surface area (Å²) < 4.78 is 24.4. The van der Waals surface area contributed by atoms with Gasteiger partial charge in [0.1, 0.15) is 22.8 Å². The number of hydrogen-bond donors (Lipinski definition) is 1. The van der Waals surface area contributed by atoms with E-state index in [9.17, 15) is 9.18 Å². The van der Waals surface area contributed by atoms with Crippen molar-refractivity contribution in [2.45, 2.75) is 20.1 Å². The molecule has 0 aliphatic heterocycles. The maximum absolute atomic E-state index is 14.2. The fraction of sp³-hybridized carbons (Fsp3) is 0.200. The molecule has 0 radical (unpaired) electrons. The minimum atomic E-state index is -0.571. The first-order chi connectivity index (χ1) is 13.0. The Labute approximate surface area is 161 Å². The van der Waals surface area contributed by atoms with Gasteiger partial charge in [0.15, 0.2) is 0 Å². The van der Waals surface area contributed by atoms with Crippen molar-refractivity contribution in [2.75, 3.05) is 7.11 Å². The highest BCUT2D eigenvalue weighted by Crippen LogP contribution is 2.33. The first-order valence-electron chi connectivity index (χ1n) is 8.27. The molecule has 0 saturated carbocycles. The lowest BCUT2D eigenvalue weighted by atomic mass is 10.0. The van der Waals surface area contributed by atoms with Crippen molar-refractivity contribution in [3.05, 3.63) is 75.8 Å². The molecule has 0 bridgehead atoms. The lowest BCUT2D eigenvalue weighted by molar-refractivity contribution is 0.0950. The number of rotatable bonds is 6. The third-order valence-corrected chi connectivity index (χ3v) is 4.39. The van der Waals surface area contributed by atoms with Gasteiger partial charge in [-0.05, 0) is 30.2 Å². The molecule has 1 N–H and O–H groups in total. The van der Waals surface area contributed by atoms with Gasteiger partial charge in [0.05, 0.1) is 17.2 Å².